The molecule has 0 aliphatic carbocycles. The summed E-state index contributed by atoms with van der Waals surface area (Å²) in [6.07, 6.45) is 2.23. The van der Waals surface area contributed by atoms with Crippen molar-refractivity contribution in [2.75, 3.05) is 13.1 Å². The van der Waals surface area contributed by atoms with Gasteiger partial charge in [-0.1, -0.05) is 30.3 Å². The van der Waals surface area contributed by atoms with Gasteiger partial charge in [-0.05, 0) is 36.5 Å². The van der Waals surface area contributed by atoms with Gasteiger partial charge in [-0.15, -0.1) is 0 Å². The van der Waals surface area contributed by atoms with E-state index in [0.717, 1.165) is 17.8 Å². The molecule has 9 heteroatoms. The van der Waals surface area contributed by atoms with Crippen LogP contribution in [0.4, 0.5) is 13.2 Å². The summed E-state index contributed by atoms with van der Waals surface area (Å²) in [5.41, 5.74) is -4.92. The Balaban J connectivity index is 1.80. The summed E-state index contributed by atoms with van der Waals surface area (Å²) in [7, 11) is -5.70. The first-order chi connectivity index (χ1) is 12.7. The molecule has 0 saturated carbocycles. The molecule has 2 aromatic rings. The molecule has 0 radical (unpaired) electrons. The third-order valence-corrected chi connectivity index (χ3v) is 6.06. The van der Waals surface area contributed by atoms with Crippen LogP contribution in [0.3, 0.4) is 0 Å². The lowest BCUT2D eigenvalue weighted by atomic mass is 9.89. The standard InChI is InChI=1S/C18H17F3N2O3S/c19-18(20,21)27(25,26)16-15(7-4-10-22-16)17(24)23-11-8-14(9-12-23)13-5-2-1-3-6-13/h1-7,10,14H,8-9,11-12H2. The second-order valence-electron chi connectivity index (χ2n) is 6.28. The van der Waals surface area contributed by atoms with E-state index in [4.69, 9.17) is 0 Å². The van der Waals surface area contributed by atoms with E-state index in [-0.39, 0.29) is 5.92 Å². The highest BCUT2D eigenvalue weighted by molar-refractivity contribution is 7.92. The SMILES string of the molecule is O=C(c1cccnc1S(=O)(=O)C(F)(F)F)N1CCC(c2ccccc2)CC1. The van der Waals surface area contributed by atoms with Crippen molar-refractivity contribution >= 4 is 15.7 Å². The van der Waals surface area contributed by atoms with Crippen molar-refractivity contribution in [1.82, 2.24) is 9.88 Å². The lowest BCUT2D eigenvalue weighted by Gasteiger charge is -2.32. The van der Waals surface area contributed by atoms with Crippen LogP contribution < -0.4 is 0 Å². The molecule has 0 bridgehead atoms. The van der Waals surface area contributed by atoms with Gasteiger partial charge in [0, 0.05) is 19.3 Å². The molecule has 1 saturated heterocycles. The smallest absolute Gasteiger partial charge is 0.339 e. The quantitative estimate of drug-likeness (QED) is 0.795. The number of sulfone groups is 1. The van der Waals surface area contributed by atoms with Crippen molar-refractivity contribution in [3.05, 3.63) is 59.8 Å². The van der Waals surface area contributed by atoms with Crippen LogP contribution in [0.5, 0.6) is 0 Å². The largest absolute Gasteiger partial charge is 0.503 e. The Morgan fingerprint density at radius 1 is 1.04 bits per heavy atom. The maximum atomic E-state index is 12.9. The van der Waals surface area contributed by atoms with Gasteiger partial charge >= 0.3 is 5.51 Å². The molecule has 1 aliphatic rings. The molecule has 27 heavy (non-hydrogen) atoms. The Labute approximate surface area is 154 Å². The average molecular weight is 398 g/mol. The zero-order chi connectivity index (χ0) is 19.7. The van der Waals surface area contributed by atoms with Gasteiger partial charge in [-0.2, -0.15) is 13.2 Å². The topological polar surface area (TPSA) is 67.3 Å². The summed E-state index contributed by atoms with van der Waals surface area (Å²) in [4.78, 5) is 17.4. The molecule has 2 heterocycles. The molecule has 144 valence electrons. The number of carbonyl (C=O) groups is 1. The summed E-state index contributed by atoms with van der Waals surface area (Å²) >= 11 is 0. The van der Waals surface area contributed by atoms with E-state index in [0.29, 0.717) is 25.9 Å². The Hall–Kier alpha value is -2.42. The highest BCUT2D eigenvalue weighted by atomic mass is 32.2. The first-order valence-electron chi connectivity index (χ1n) is 8.32. The lowest BCUT2D eigenvalue weighted by molar-refractivity contribution is -0.0438. The zero-order valence-electron chi connectivity index (χ0n) is 14.2. The van der Waals surface area contributed by atoms with Gasteiger partial charge < -0.3 is 4.90 Å². The van der Waals surface area contributed by atoms with Crippen LogP contribution in [-0.2, 0) is 9.84 Å². The number of likely N-dealkylation sites (tertiary alicyclic amines) is 1. The van der Waals surface area contributed by atoms with Crippen molar-refractivity contribution in [2.24, 2.45) is 0 Å². The Bertz CT molecular complexity index is 922. The van der Waals surface area contributed by atoms with Gasteiger partial charge in [-0.25, -0.2) is 13.4 Å². The highest BCUT2D eigenvalue weighted by Gasteiger charge is 2.49. The minimum Gasteiger partial charge on any atom is -0.339 e. The summed E-state index contributed by atoms with van der Waals surface area (Å²) in [6.45, 7) is 0.664. The number of nitrogens with zero attached hydrogens (tertiary/aromatic N) is 2. The van der Waals surface area contributed by atoms with E-state index in [2.05, 4.69) is 4.98 Å². The number of pyridine rings is 1. The lowest BCUT2D eigenvalue weighted by Crippen LogP contribution is -2.39. The molecule has 0 unspecified atom stereocenters. The third-order valence-electron chi connectivity index (χ3n) is 4.61. The Morgan fingerprint density at radius 3 is 2.26 bits per heavy atom. The minimum atomic E-state index is -5.70. The number of alkyl halides is 3. The van der Waals surface area contributed by atoms with Crippen molar-refractivity contribution in [2.45, 2.75) is 29.3 Å². The van der Waals surface area contributed by atoms with Crippen LogP contribution in [-0.4, -0.2) is 42.8 Å². The average Bonchev–Trinajstić information content (AvgIpc) is 2.67. The molecule has 1 aromatic carbocycles. The number of piperidine rings is 1. The maximum Gasteiger partial charge on any atom is 0.503 e. The van der Waals surface area contributed by atoms with Gasteiger partial charge in [0.05, 0.1) is 5.56 Å². The minimum absolute atomic E-state index is 0.252. The fraction of sp³-hybridized carbons (Fsp3) is 0.333. The van der Waals surface area contributed by atoms with Crippen LogP contribution in [0.1, 0.15) is 34.7 Å². The molecular weight excluding hydrogens is 381 g/mol. The predicted molar refractivity (Wildman–Crippen MR) is 91.8 cm³/mol. The summed E-state index contributed by atoms with van der Waals surface area (Å²) < 4.78 is 62.2. The van der Waals surface area contributed by atoms with Crippen LogP contribution in [0.2, 0.25) is 0 Å². The van der Waals surface area contributed by atoms with Crippen molar-refractivity contribution in [1.29, 1.82) is 0 Å². The highest BCUT2D eigenvalue weighted by Crippen LogP contribution is 2.32. The monoisotopic (exact) mass is 398 g/mol. The molecule has 0 spiro atoms. The van der Waals surface area contributed by atoms with Gasteiger partial charge in [0.15, 0.2) is 5.03 Å². The molecule has 5 nitrogen and oxygen atoms in total. The van der Waals surface area contributed by atoms with Crippen LogP contribution in [0.15, 0.2) is 53.7 Å². The van der Waals surface area contributed by atoms with Gasteiger partial charge in [0.2, 0.25) is 0 Å². The second-order valence-corrected chi connectivity index (χ2v) is 8.14. The van der Waals surface area contributed by atoms with E-state index in [1.54, 1.807) is 0 Å². The molecule has 1 amide bonds. The van der Waals surface area contributed by atoms with E-state index < -0.39 is 31.8 Å². The van der Waals surface area contributed by atoms with Crippen molar-refractivity contribution < 1.29 is 26.4 Å². The number of halogens is 3. The number of rotatable bonds is 3. The first-order valence-corrected chi connectivity index (χ1v) is 9.80. The van der Waals surface area contributed by atoms with E-state index in [9.17, 15) is 26.4 Å². The number of amides is 1. The molecule has 1 aromatic heterocycles. The summed E-state index contributed by atoms with van der Waals surface area (Å²) in [6, 6.07) is 12.1. The number of aromatic nitrogens is 1. The number of hydrogen-bond donors (Lipinski definition) is 0. The zero-order valence-corrected chi connectivity index (χ0v) is 15.0. The number of carbonyl (C=O) groups excluding carboxylic acids is 1. The molecule has 1 fully saturated rings. The normalized spacial score (nSPS) is 16.3. The molecule has 0 N–H and O–H groups in total. The molecule has 3 rings (SSSR count). The number of hydrogen-bond acceptors (Lipinski definition) is 4. The van der Waals surface area contributed by atoms with Gasteiger partial charge in [0.25, 0.3) is 15.7 Å². The maximum absolute atomic E-state index is 12.9. The molecule has 0 atom stereocenters. The second kappa shape index (κ2) is 7.30. The van der Waals surface area contributed by atoms with Crippen molar-refractivity contribution in [3.63, 3.8) is 0 Å². The van der Waals surface area contributed by atoms with Crippen LogP contribution in [0.25, 0.3) is 0 Å². The fourth-order valence-electron chi connectivity index (χ4n) is 3.19. The first kappa shape index (κ1) is 19.3. The van der Waals surface area contributed by atoms with Gasteiger partial charge in [0.1, 0.15) is 0 Å². The Kier molecular flexibility index (Phi) is 5.23. The Morgan fingerprint density at radius 2 is 1.67 bits per heavy atom. The van der Waals surface area contributed by atoms with Gasteiger partial charge in [-0.3, -0.25) is 4.79 Å². The van der Waals surface area contributed by atoms with Crippen LogP contribution in [0, 0.1) is 0 Å². The molecule has 1 aliphatic heterocycles. The summed E-state index contributed by atoms with van der Waals surface area (Å²) in [5, 5.41) is -1.24. The number of benzene rings is 1. The third kappa shape index (κ3) is 3.83. The van der Waals surface area contributed by atoms with E-state index in [1.165, 1.54) is 11.0 Å². The fourth-order valence-corrected chi connectivity index (χ4v) is 4.05. The van der Waals surface area contributed by atoms with E-state index >= 15 is 0 Å². The predicted octanol–water partition coefficient (Wildman–Crippen LogP) is 3.39. The van der Waals surface area contributed by atoms with E-state index in [1.807, 2.05) is 30.3 Å². The van der Waals surface area contributed by atoms with Crippen molar-refractivity contribution in [3.8, 4) is 0 Å². The van der Waals surface area contributed by atoms with Crippen LogP contribution >= 0.6 is 0 Å². The molecular formula is C18H17F3N2O3S. The summed E-state index contributed by atoms with van der Waals surface area (Å²) in [5.74, 6) is -0.500.